The number of amides is 2. The molecule has 0 aliphatic carbocycles. The molecule has 1 aromatic heterocycles. The molecule has 1 aliphatic heterocycles. The number of nitrogens with zero attached hydrogens (tertiary/aromatic N) is 2. The van der Waals surface area contributed by atoms with E-state index >= 15 is 0 Å². The van der Waals surface area contributed by atoms with Crippen LogP contribution in [0.4, 0.5) is 14.9 Å². The molecule has 4 rings (SSSR count). The molecule has 2 heterocycles. The maximum Gasteiger partial charge on any atom is 0.321 e. The number of aryl methyl sites for hydroxylation is 2. The Labute approximate surface area is 197 Å². The van der Waals surface area contributed by atoms with E-state index in [1.165, 1.54) is 28.8 Å². The van der Waals surface area contributed by atoms with Gasteiger partial charge in [0.25, 0.3) is 5.56 Å². The topological polar surface area (TPSA) is 83.4 Å². The first kappa shape index (κ1) is 24.4. The van der Waals surface area contributed by atoms with E-state index in [9.17, 15) is 18.8 Å². The molecule has 7 nitrogen and oxygen atoms in total. The number of aldehydes is 1. The Morgan fingerprint density at radius 1 is 1.06 bits per heavy atom. The quantitative estimate of drug-likeness (QED) is 0.574. The van der Waals surface area contributed by atoms with Crippen LogP contribution in [0.25, 0.3) is 11.1 Å². The molecule has 1 unspecified atom stereocenters. The van der Waals surface area contributed by atoms with Crippen molar-refractivity contribution in [3.8, 4) is 11.1 Å². The lowest BCUT2D eigenvalue weighted by Crippen LogP contribution is -2.42. The first-order chi connectivity index (χ1) is 16.2. The van der Waals surface area contributed by atoms with Gasteiger partial charge in [0.15, 0.2) is 0 Å². The predicted molar refractivity (Wildman–Crippen MR) is 131 cm³/mol. The highest BCUT2D eigenvalue weighted by Crippen LogP contribution is 2.24. The van der Waals surface area contributed by atoms with E-state index in [0.717, 1.165) is 16.8 Å². The summed E-state index contributed by atoms with van der Waals surface area (Å²) in [5.41, 5.74) is 5.02. The van der Waals surface area contributed by atoms with Gasteiger partial charge in [0.2, 0.25) is 0 Å². The smallest absolute Gasteiger partial charge is 0.321 e. The van der Waals surface area contributed by atoms with E-state index in [1.54, 1.807) is 37.0 Å². The van der Waals surface area contributed by atoms with Gasteiger partial charge in [-0.3, -0.25) is 9.59 Å². The number of hydrogen-bond acceptors (Lipinski definition) is 4. The summed E-state index contributed by atoms with van der Waals surface area (Å²) >= 11 is 0. The maximum absolute atomic E-state index is 12.8. The summed E-state index contributed by atoms with van der Waals surface area (Å²) < 4.78 is 14.4. The van der Waals surface area contributed by atoms with E-state index in [4.69, 9.17) is 0 Å². The number of rotatable bonds is 4. The van der Waals surface area contributed by atoms with Gasteiger partial charge in [0, 0.05) is 50.4 Å². The molecule has 2 amide bonds. The van der Waals surface area contributed by atoms with E-state index in [1.807, 2.05) is 44.3 Å². The van der Waals surface area contributed by atoms with Crippen molar-refractivity contribution in [2.45, 2.75) is 13.0 Å². The zero-order valence-electron chi connectivity index (χ0n) is 19.5. The van der Waals surface area contributed by atoms with Crippen molar-refractivity contribution in [3.05, 3.63) is 99.9 Å². The lowest BCUT2D eigenvalue weighted by molar-refractivity contribution is -0.105. The molecule has 2 N–H and O–H groups in total. The van der Waals surface area contributed by atoms with Crippen molar-refractivity contribution in [1.82, 2.24) is 14.8 Å². The van der Waals surface area contributed by atoms with Gasteiger partial charge in [-0.25, -0.2) is 9.18 Å². The third-order valence-electron chi connectivity index (χ3n) is 5.54. The number of aromatic nitrogens is 1. The van der Waals surface area contributed by atoms with Crippen LogP contribution in [0.2, 0.25) is 0 Å². The second kappa shape index (κ2) is 10.6. The number of urea groups is 1. The van der Waals surface area contributed by atoms with Gasteiger partial charge in [0.1, 0.15) is 12.1 Å². The number of pyridine rings is 1. The van der Waals surface area contributed by atoms with Gasteiger partial charge >= 0.3 is 6.03 Å². The minimum atomic E-state index is -0.517. The largest absolute Gasteiger partial charge is 0.388 e. The summed E-state index contributed by atoms with van der Waals surface area (Å²) in [6, 6.07) is 14.6. The number of nitrogens with one attached hydrogen (secondary N) is 2. The van der Waals surface area contributed by atoms with Crippen LogP contribution in [0.15, 0.2) is 77.4 Å². The Morgan fingerprint density at radius 3 is 2.41 bits per heavy atom. The van der Waals surface area contributed by atoms with E-state index in [2.05, 4.69) is 10.6 Å². The molecule has 0 saturated carbocycles. The van der Waals surface area contributed by atoms with Gasteiger partial charge in [-0.1, -0.05) is 24.3 Å². The summed E-state index contributed by atoms with van der Waals surface area (Å²) in [5, 5.41) is 5.80. The van der Waals surface area contributed by atoms with Crippen molar-refractivity contribution in [3.63, 3.8) is 0 Å². The molecule has 8 heteroatoms. The van der Waals surface area contributed by atoms with Gasteiger partial charge in [0.05, 0.1) is 6.04 Å². The van der Waals surface area contributed by atoms with Gasteiger partial charge in [-0.2, -0.15) is 0 Å². The molecular formula is C26H27FN4O3. The standard InChI is InChI=1S/C14H16N2O.C12H11FN2O2/c1-10-6-7-11(9-13(10)15-2)12-5-4-8-16(3)14(12)17;1-15-6-9(7-16)11(14-12(15)17)8-2-4-10(13)5-3-8/h4-9,15H,1-3H3;2-7,11H,1H3,(H,14,17). The summed E-state index contributed by atoms with van der Waals surface area (Å²) in [6.45, 7) is 2.04. The molecule has 0 saturated heterocycles. The average Bonchev–Trinajstić information content (AvgIpc) is 2.84. The monoisotopic (exact) mass is 462 g/mol. The Bertz CT molecular complexity index is 1280. The second-order valence-corrected chi connectivity index (χ2v) is 7.91. The van der Waals surface area contributed by atoms with Gasteiger partial charge in [-0.05, 0) is 53.9 Å². The van der Waals surface area contributed by atoms with E-state index in [-0.39, 0.29) is 17.4 Å². The third kappa shape index (κ3) is 5.40. The van der Waals surface area contributed by atoms with Crippen LogP contribution in [0, 0.1) is 12.7 Å². The van der Waals surface area contributed by atoms with E-state index in [0.29, 0.717) is 17.4 Å². The second-order valence-electron chi connectivity index (χ2n) is 7.91. The molecule has 3 aromatic rings. The minimum absolute atomic E-state index is 0.0263. The molecule has 0 spiro atoms. The number of hydrogen-bond donors (Lipinski definition) is 2. The van der Waals surface area contributed by atoms with Crippen LogP contribution in [0.5, 0.6) is 0 Å². The normalized spacial score (nSPS) is 15.0. The fourth-order valence-corrected chi connectivity index (χ4v) is 3.57. The predicted octanol–water partition coefficient (Wildman–Crippen LogP) is 4.01. The fourth-order valence-electron chi connectivity index (χ4n) is 3.57. The molecule has 1 aliphatic rings. The number of carbonyl (C=O) groups is 2. The molecule has 1 atom stereocenters. The zero-order valence-corrected chi connectivity index (χ0v) is 19.5. The molecule has 2 aromatic carbocycles. The number of carbonyl (C=O) groups excluding carboxylic acids is 2. The first-order valence-corrected chi connectivity index (χ1v) is 10.6. The van der Waals surface area contributed by atoms with Crippen LogP contribution in [-0.2, 0) is 11.8 Å². The average molecular weight is 463 g/mol. The fraction of sp³-hybridized carbons (Fsp3) is 0.192. The highest BCUT2D eigenvalue weighted by Gasteiger charge is 2.25. The Kier molecular flexibility index (Phi) is 7.63. The van der Waals surface area contributed by atoms with Crippen LogP contribution >= 0.6 is 0 Å². The van der Waals surface area contributed by atoms with Crippen molar-refractivity contribution < 1.29 is 14.0 Å². The van der Waals surface area contributed by atoms with Crippen LogP contribution in [0.1, 0.15) is 17.2 Å². The van der Waals surface area contributed by atoms with Crippen molar-refractivity contribution in [2.75, 3.05) is 19.4 Å². The summed E-state index contributed by atoms with van der Waals surface area (Å²) in [5.74, 6) is -0.357. The van der Waals surface area contributed by atoms with Crippen LogP contribution in [0.3, 0.4) is 0 Å². The van der Waals surface area contributed by atoms with Gasteiger partial charge in [-0.15, -0.1) is 0 Å². The number of anilines is 1. The summed E-state index contributed by atoms with van der Waals surface area (Å²) in [7, 11) is 5.20. The number of benzene rings is 2. The molecule has 0 bridgehead atoms. The van der Waals surface area contributed by atoms with Gasteiger partial charge < -0.3 is 20.1 Å². The zero-order chi connectivity index (χ0) is 24.8. The summed E-state index contributed by atoms with van der Waals surface area (Å²) in [4.78, 5) is 35.7. The van der Waals surface area contributed by atoms with Crippen molar-refractivity contribution in [2.24, 2.45) is 7.05 Å². The minimum Gasteiger partial charge on any atom is -0.388 e. The molecule has 34 heavy (non-hydrogen) atoms. The molecular weight excluding hydrogens is 435 g/mol. The molecule has 176 valence electrons. The summed E-state index contributed by atoms with van der Waals surface area (Å²) in [6.07, 6.45) is 3.92. The Hall–Kier alpha value is -4.20. The van der Waals surface area contributed by atoms with Crippen LogP contribution < -0.4 is 16.2 Å². The molecule has 0 radical (unpaired) electrons. The van der Waals surface area contributed by atoms with Crippen molar-refractivity contribution in [1.29, 1.82) is 0 Å². The SMILES string of the molecule is CN1C=C(C=O)C(c2ccc(F)cc2)NC1=O.CNc1cc(-c2cccn(C)c2=O)ccc1C. The number of halogens is 1. The lowest BCUT2D eigenvalue weighted by atomic mass is 9.99. The lowest BCUT2D eigenvalue weighted by Gasteiger charge is -2.28. The van der Waals surface area contributed by atoms with Crippen molar-refractivity contribution >= 4 is 18.0 Å². The first-order valence-electron chi connectivity index (χ1n) is 10.6. The Morgan fingerprint density at radius 2 is 1.76 bits per heavy atom. The molecule has 0 fully saturated rings. The third-order valence-corrected chi connectivity index (χ3v) is 5.54. The maximum atomic E-state index is 12.8. The van der Waals surface area contributed by atoms with Crippen LogP contribution in [-0.4, -0.2) is 35.9 Å². The Balaban J connectivity index is 0.000000191. The van der Waals surface area contributed by atoms with E-state index < -0.39 is 6.04 Å². The highest BCUT2D eigenvalue weighted by molar-refractivity contribution is 5.85. The highest BCUT2D eigenvalue weighted by atomic mass is 19.1.